The molecule has 4 heteroatoms. The zero-order valence-corrected chi connectivity index (χ0v) is 10.8. The quantitative estimate of drug-likeness (QED) is 0.878. The molecule has 0 amide bonds. The van der Waals surface area contributed by atoms with Crippen LogP contribution in [0, 0.1) is 0 Å². The molecule has 1 aromatic rings. The van der Waals surface area contributed by atoms with Crippen molar-refractivity contribution in [1.29, 1.82) is 0 Å². The molecule has 0 spiro atoms. The molecule has 1 aromatic heterocycles. The SMILES string of the molecule is CC(NCC1COC(C)(C)O1)c1ccsc1. The first-order valence-electron chi connectivity index (χ1n) is 5.64. The van der Waals surface area contributed by atoms with Crippen LogP contribution in [0.4, 0.5) is 0 Å². The van der Waals surface area contributed by atoms with Crippen molar-refractivity contribution in [3.05, 3.63) is 22.4 Å². The molecule has 0 saturated carbocycles. The molecule has 3 nitrogen and oxygen atoms in total. The van der Waals surface area contributed by atoms with Crippen molar-refractivity contribution >= 4 is 11.3 Å². The molecule has 2 atom stereocenters. The molecule has 90 valence electrons. The van der Waals surface area contributed by atoms with Gasteiger partial charge in [-0.25, -0.2) is 0 Å². The van der Waals surface area contributed by atoms with Crippen LogP contribution >= 0.6 is 11.3 Å². The summed E-state index contributed by atoms with van der Waals surface area (Å²) in [5.41, 5.74) is 1.34. The van der Waals surface area contributed by atoms with Crippen LogP contribution in [-0.2, 0) is 9.47 Å². The molecular weight excluding hydrogens is 222 g/mol. The lowest BCUT2D eigenvalue weighted by Gasteiger charge is -2.19. The van der Waals surface area contributed by atoms with Crippen LogP contribution in [0.5, 0.6) is 0 Å². The molecule has 2 heterocycles. The Morgan fingerprint density at radius 1 is 1.62 bits per heavy atom. The molecule has 0 aliphatic carbocycles. The summed E-state index contributed by atoms with van der Waals surface area (Å²) in [6.07, 6.45) is 0.163. The van der Waals surface area contributed by atoms with Crippen LogP contribution in [0.25, 0.3) is 0 Å². The Hall–Kier alpha value is -0.420. The average Bonchev–Trinajstić information content (AvgIpc) is 2.83. The molecule has 1 aliphatic rings. The number of thiophene rings is 1. The van der Waals surface area contributed by atoms with Crippen LogP contribution in [0.15, 0.2) is 16.8 Å². The van der Waals surface area contributed by atoms with Gasteiger partial charge in [0.2, 0.25) is 0 Å². The van der Waals surface area contributed by atoms with Gasteiger partial charge in [0.25, 0.3) is 0 Å². The molecular formula is C12H19NO2S. The second-order valence-electron chi connectivity index (χ2n) is 4.64. The normalized spacial score (nSPS) is 25.8. The molecule has 16 heavy (non-hydrogen) atoms. The highest BCUT2D eigenvalue weighted by atomic mass is 32.1. The number of nitrogens with one attached hydrogen (secondary N) is 1. The van der Waals surface area contributed by atoms with Gasteiger partial charge in [0, 0.05) is 12.6 Å². The van der Waals surface area contributed by atoms with Crippen molar-refractivity contribution in [2.75, 3.05) is 13.2 Å². The smallest absolute Gasteiger partial charge is 0.163 e. The highest BCUT2D eigenvalue weighted by Crippen LogP contribution is 2.22. The van der Waals surface area contributed by atoms with E-state index in [0.717, 1.165) is 6.54 Å². The topological polar surface area (TPSA) is 30.5 Å². The fourth-order valence-corrected chi connectivity index (χ4v) is 2.57. The van der Waals surface area contributed by atoms with Crippen LogP contribution in [0.2, 0.25) is 0 Å². The van der Waals surface area contributed by atoms with E-state index in [9.17, 15) is 0 Å². The second kappa shape index (κ2) is 4.84. The van der Waals surface area contributed by atoms with Gasteiger partial charge in [-0.3, -0.25) is 0 Å². The van der Waals surface area contributed by atoms with E-state index in [-0.39, 0.29) is 6.10 Å². The van der Waals surface area contributed by atoms with Gasteiger partial charge in [0.1, 0.15) is 0 Å². The molecule has 0 bridgehead atoms. The van der Waals surface area contributed by atoms with Gasteiger partial charge in [0.05, 0.1) is 12.7 Å². The first kappa shape index (κ1) is 12.0. The number of ether oxygens (including phenoxy) is 2. The van der Waals surface area contributed by atoms with Gasteiger partial charge in [-0.05, 0) is 43.2 Å². The van der Waals surface area contributed by atoms with Gasteiger partial charge in [-0.1, -0.05) is 0 Å². The molecule has 1 N–H and O–H groups in total. The lowest BCUT2D eigenvalue weighted by atomic mass is 10.2. The molecule has 1 fully saturated rings. The summed E-state index contributed by atoms with van der Waals surface area (Å²) in [5.74, 6) is -0.419. The van der Waals surface area contributed by atoms with Crippen molar-refractivity contribution in [2.24, 2.45) is 0 Å². The Balaban J connectivity index is 1.76. The van der Waals surface area contributed by atoms with E-state index >= 15 is 0 Å². The van der Waals surface area contributed by atoms with Crippen LogP contribution < -0.4 is 5.32 Å². The molecule has 2 unspecified atom stereocenters. The number of hydrogen-bond donors (Lipinski definition) is 1. The fourth-order valence-electron chi connectivity index (χ4n) is 1.81. The first-order valence-corrected chi connectivity index (χ1v) is 6.58. The predicted octanol–water partition coefficient (Wildman–Crippen LogP) is 2.55. The maximum Gasteiger partial charge on any atom is 0.163 e. The zero-order valence-electron chi connectivity index (χ0n) is 10.0. The molecule has 1 saturated heterocycles. The maximum absolute atomic E-state index is 5.73. The summed E-state index contributed by atoms with van der Waals surface area (Å²) in [4.78, 5) is 0. The summed E-state index contributed by atoms with van der Waals surface area (Å²) in [6.45, 7) is 7.59. The van der Waals surface area contributed by atoms with Crippen LogP contribution in [0.1, 0.15) is 32.4 Å². The van der Waals surface area contributed by atoms with Crippen LogP contribution in [0.3, 0.4) is 0 Å². The third kappa shape index (κ3) is 3.04. The standard InChI is InChI=1S/C12H19NO2S/c1-9(10-4-5-16-8-10)13-6-11-7-14-12(2,3)15-11/h4-5,8-9,11,13H,6-7H2,1-3H3. The molecule has 2 rings (SSSR count). The van der Waals surface area contributed by atoms with Gasteiger partial charge in [-0.2, -0.15) is 11.3 Å². The largest absolute Gasteiger partial charge is 0.348 e. The average molecular weight is 241 g/mol. The molecule has 0 radical (unpaired) electrons. The van der Waals surface area contributed by atoms with E-state index in [1.807, 2.05) is 13.8 Å². The minimum Gasteiger partial charge on any atom is -0.348 e. The minimum absolute atomic E-state index is 0.163. The summed E-state index contributed by atoms with van der Waals surface area (Å²) in [7, 11) is 0. The monoisotopic (exact) mass is 241 g/mol. The van der Waals surface area contributed by atoms with Crippen molar-refractivity contribution in [3.8, 4) is 0 Å². The van der Waals surface area contributed by atoms with E-state index in [1.54, 1.807) is 11.3 Å². The van der Waals surface area contributed by atoms with E-state index in [2.05, 4.69) is 29.1 Å². The first-order chi connectivity index (χ1) is 7.57. The summed E-state index contributed by atoms with van der Waals surface area (Å²) in [5, 5.41) is 7.74. The zero-order chi connectivity index (χ0) is 11.6. The number of hydrogen-bond acceptors (Lipinski definition) is 4. The molecule has 1 aliphatic heterocycles. The van der Waals surface area contributed by atoms with Crippen molar-refractivity contribution in [3.63, 3.8) is 0 Å². The lowest BCUT2D eigenvalue weighted by molar-refractivity contribution is -0.137. The van der Waals surface area contributed by atoms with Gasteiger partial charge < -0.3 is 14.8 Å². The second-order valence-corrected chi connectivity index (χ2v) is 5.42. The third-order valence-electron chi connectivity index (χ3n) is 2.76. The predicted molar refractivity (Wildman–Crippen MR) is 65.6 cm³/mol. The van der Waals surface area contributed by atoms with Gasteiger partial charge in [-0.15, -0.1) is 0 Å². The van der Waals surface area contributed by atoms with Crippen molar-refractivity contribution in [2.45, 2.75) is 38.7 Å². The van der Waals surface area contributed by atoms with Gasteiger partial charge >= 0.3 is 0 Å². The lowest BCUT2D eigenvalue weighted by Crippen LogP contribution is -2.31. The number of rotatable bonds is 4. The van der Waals surface area contributed by atoms with Crippen molar-refractivity contribution < 1.29 is 9.47 Å². The Bertz CT molecular complexity index is 324. The fraction of sp³-hybridized carbons (Fsp3) is 0.667. The Kier molecular flexibility index (Phi) is 3.64. The maximum atomic E-state index is 5.73. The van der Waals surface area contributed by atoms with E-state index in [1.165, 1.54) is 5.56 Å². The minimum atomic E-state index is -0.419. The highest BCUT2D eigenvalue weighted by molar-refractivity contribution is 7.07. The van der Waals surface area contributed by atoms with Crippen molar-refractivity contribution in [1.82, 2.24) is 5.32 Å². The van der Waals surface area contributed by atoms with E-state index in [0.29, 0.717) is 12.6 Å². The Labute approximate surface area is 101 Å². The van der Waals surface area contributed by atoms with E-state index in [4.69, 9.17) is 9.47 Å². The third-order valence-corrected chi connectivity index (χ3v) is 3.46. The summed E-state index contributed by atoms with van der Waals surface area (Å²) in [6, 6.07) is 2.52. The Morgan fingerprint density at radius 3 is 3.00 bits per heavy atom. The van der Waals surface area contributed by atoms with Gasteiger partial charge in [0.15, 0.2) is 5.79 Å². The highest BCUT2D eigenvalue weighted by Gasteiger charge is 2.32. The summed E-state index contributed by atoms with van der Waals surface area (Å²) >= 11 is 1.73. The summed E-state index contributed by atoms with van der Waals surface area (Å²) < 4.78 is 11.3. The Morgan fingerprint density at radius 2 is 2.44 bits per heavy atom. The van der Waals surface area contributed by atoms with E-state index < -0.39 is 5.79 Å². The molecule has 0 aromatic carbocycles. The van der Waals surface area contributed by atoms with Crippen LogP contribution in [-0.4, -0.2) is 25.0 Å².